The van der Waals surface area contributed by atoms with Crippen molar-refractivity contribution in [2.24, 2.45) is 0 Å². The molecule has 0 aliphatic heterocycles. The van der Waals surface area contributed by atoms with Gasteiger partial charge in [0.2, 0.25) is 5.95 Å². The molecule has 3 heterocycles. The molecule has 0 spiro atoms. The summed E-state index contributed by atoms with van der Waals surface area (Å²) in [6.07, 6.45) is 1.60. The van der Waals surface area contributed by atoms with Crippen LogP contribution in [-0.4, -0.2) is 32.4 Å². The fraction of sp³-hybridized carbons (Fsp3) is 0.211. The molecule has 0 unspecified atom stereocenters. The molecule has 1 aromatic carbocycles. The Kier molecular flexibility index (Phi) is 4.08. The van der Waals surface area contributed by atoms with Crippen molar-refractivity contribution in [1.82, 2.24) is 19.4 Å². The van der Waals surface area contributed by atoms with Crippen molar-refractivity contribution < 1.29 is 4.79 Å². The minimum Gasteiger partial charge on any atom is -0.369 e. The standard InChI is InChI=1S/C19H19N5OS/c1-3-24-17-15(22-19(24)20)9-13(10-21-17)18(25)23(2)11-14-8-12-6-4-5-7-16(12)26-14/h4-10H,3,11H2,1-2H3,(H2,20,22). The molecule has 0 aliphatic carbocycles. The molecule has 0 bridgehead atoms. The molecule has 0 aliphatic rings. The molecule has 26 heavy (non-hydrogen) atoms. The lowest BCUT2D eigenvalue weighted by molar-refractivity contribution is 0.0786. The Balaban J connectivity index is 1.58. The first-order valence-corrected chi connectivity index (χ1v) is 9.23. The summed E-state index contributed by atoms with van der Waals surface area (Å²) >= 11 is 1.71. The largest absolute Gasteiger partial charge is 0.369 e. The number of carbonyl (C=O) groups excluding carboxylic acids is 1. The van der Waals surface area contributed by atoms with E-state index >= 15 is 0 Å². The second kappa shape index (κ2) is 6.42. The smallest absolute Gasteiger partial charge is 0.255 e. The highest BCUT2D eigenvalue weighted by molar-refractivity contribution is 7.19. The number of pyridine rings is 1. The van der Waals surface area contributed by atoms with Gasteiger partial charge < -0.3 is 10.6 Å². The van der Waals surface area contributed by atoms with Crippen molar-refractivity contribution in [1.29, 1.82) is 0 Å². The van der Waals surface area contributed by atoms with E-state index < -0.39 is 0 Å². The van der Waals surface area contributed by atoms with Crippen molar-refractivity contribution in [3.8, 4) is 0 Å². The van der Waals surface area contributed by atoms with Gasteiger partial charge in [-0.3, -0.25) is 9.36 Å². The third-order valence-electron chi connectivity index (χ3n) is 4.39. The molecule has 7 heteroatoms. The van der Waals surface area contributed by atoms with Gasteiger partial charge in [0.25, 0.3) is 5.91 Å². The molecule has 0 atom stereocenters. The summed E-state index contributed by atoms with van der Waals surface area (Å²) in [6, 6.07) is 12.1. The van der Waals surface area contributed by atoms with Crippen LogP contribution in [-0.2, 0) is 13.1 Å². The number of thiophene rings is 1. The molecule has 132 valence electrons. The average molecular weight is 365 g/mol. The number of carbonyl (C=O) groups is 1. The van der Waals surface area contributed by atoms with E-state index in [4.69, 9.17) is 5.73 Å². The summed E-state index contributed by atoms with van der Waals surface area (Å²) in [4.78, 5) is 24.3. The number of imidazole rings is 1. The van der Waals surface area contributed by atoms with Gasteiger partial charge >= 0.3 is 0 Å². The van der Waals surface area contributed by atoms with Crippen molar-refractivity contribution in [2.75, 3.05) is 12.8 Å². The minimum atomic E-state index is -0.0820. The number of benzene rings is 1. The first kappa shape index (κ1) is 16.5. The lowest BCUT2D eigenvalue weighted by atomic mass is 10.2. The maximum atomic E-state index is 12.8. The SMILES string of the molecule is CCn1c(N)nc2cc(C(=O)N(C)Cc3cc4ccccc4s3)cnc21. The van der Waals surface area contributed by atoms with Crippen LogP contribution in [0.4, 0.5) is 5.95 Å². The molecule has 6 nitrogen and oxygen atoms in total. The summed E-state index contributed by atoms with van der Waals surface area (Å²) in [5.74, 6) is 0.333. The molecule has 0 saturated heterocycles. The van der Waals surface area contributed by atoms with Crippen molar-refractivity contribution in [3.05, 3.63) is 53.0 Å². The van der Waals surface area contributed by atoms with Crippen LogP contribution in [0.5, 0.6) is 0 Å². The number of nitrogens with two attached hydrogens (primary N) is 1. The van der Waals surface area contributed by atoms with Gasteiger partial charge in [0, 0.05) is 29.4 Å². The summed E-state index contributed by atoms with van der Waals surface area (Å²) in [6.45, 7) is 3.23. The minimum absolute atomic E-state index is 0.0820. The van der Waals surface area contributed by atoms with Gasteiger partial charge in [-0.15, -0.1) is 11.3 Å². The van der Waals surface area contributed by atoms with Crippen LogP contribution in [0.3, 0.4) is 0 Å². The van der Waals surface area contributed by atoms with Crippen LogP contribution >= 0.6 is 11.3 Å². The number of amides is 1. The highest BCUT2D eigenvalue weighted by atomic mass is 32.1. The molecular formula is C19H19N5OS. The zero-order valence-electron chi connectivity index (χ0n) is 14.6. The first-order valence-electron chi connectivity index (χ1n) is 8.41. The Morgan fingerprint density at radius 3 is 2.88 bits per heavy atom. The van der Waals surface area contributed by atoms with Crippen molar-refractivity contribution in [3.63, 3.8) is 0 Å². The van der Waals surface area contributed by atoms with Gasteiger partial charge in [-0.2, -0.15) is 0 Å². The molecule has 0 saturated carbocycles. The number of hydrogen-bond donors (Lipinski definition) is 1. The summed E-state index contributed by atoms with van der Waals surface area (Å²) in [5.41, 5.74) is 7.77. The zero-order valence-corrected chi connectivity index (χ0v) is 15.5. The molecule has 4 rings (SSSR count). The summed E-state index contributed by atoms with van der Waals surface area (Å²) < 4.78 is 3.05. The monoisotopic (exact) mass is 365 g/mol. The highest BCUT2D eigenvalue weighted by Gasteiger charge is 2.16. The highest BCUT2D eigenvalue weighted by Crippen LogP contribution is 2.26. The maximum absolute atomic E-state index is 12.8. The van der Waals surface area contributed by atoms with Crippen molar-refractivity contribution >= 4 is 44.4 Å². The van der Waals surface area contributed by atoms with Crippen LogP contribution in [0.2, 0.25) is 0 Å². The molecule has 2 N–H and O–H groups in total. The average Bonchev–Trinajstić information content (AvgIpc) is 3.18. The number of rotatable bonds is 4. The van der Waals surface area contributed by atoms with E-state index in [2.05, 4.69) is 28.2 Å². The van der Waals surface area contributed by atoms with Gasteiger partial charge in [-0.05, 0) is 30.5 Å². The predicted molar refractivity (Wildman–Crippen MR) is 105 cm³/mol. The van der Waals surface area contributed by atoms with Gasteiger partial charge in [0.05, 0.1) is 12.1 Å². The van der Waals surface area contributed by atoms with Crippen LogP contribution in [0.25, 0.3) is 21.3 Å². The summed E-state index contributed by atoms with van der Waals surface area (Å²) in [5, 5.41) is 1.21. The van der Waals surface area contributed by atoms with Crippen LogP contribution in [0.1, 0.15) is 22.2 Å². The number of fused-ring (bicyclic) bond motifs is 2. The number of aromatic nitrogens is 3. The Morgan fingerprint density at radius 1 is 1.31 bits per heavy atom. The van der Waals surface area contributed by atoms with Crippen LogP contribution < -0.4 is 5.73 Å². The predicted octanol–water partition coefficient (Wildman–Crippen LogP) is 3.52. The molecule has 1 amide bonds. The van der Waals surface area contributed by atoms with Gasteiger partial charge in [0.1, 0.15) is 5.52 Å². The third-order valence-corrected chi connectivity index (χ3v) is 5.49. The Bertz CT molecular complexity index is 1080. The van der Waals surface area contributed by atoms with Crippen LogP contribution in [0, 0.1) is 0 Å². The van der Waals surface area contributed by atoms with E-state index in [1.54, 1.807) is 35.5 Å². The number of aryl methyl sites for hydroxylation is 1. The van der Waals surface area contributed by atoms with Gasteiger partial charge in [-0.25, -0.2) is 9.97 Å². The van der Waals surface area contributed by atoms with E-state index in [1.807, 2.05) is 23.6 Å². The topological polar surface area (TPSA) is 77.0 Å². The van der Waals surface area contributed by atoms with E-state index in [-0.39, 0.29) is 5.91 Å². The Labute approximate surface area is 154 Å². The molecule has 4 aromatic rings. The van der Waals surface area contributed by atoms with Crippen molar-refractivity contribution in [2.45, 2.75) is 20.0 Å². The van der Waals surface area contributed by atoms with Gasteiger partial charge in [-0.1, -0.05) is 18.2 Å². The number of nitrogen functional groups attached to an aromatic ring is 1. The second-order valence-corrected chi connectivity index (χ2v) is 7.36. The van der Waals surface area contributed by atoms with Crippen LogP contribution in [0.15, 0.2) is 42.6 Å². The summed E-state index contributed by atoms with van der Waals surface area (Å²) in [7, 11) is 1.80. The number of nitrogens with zero attached hydrogens (tertiary/aromatic N) is 4. The zero-order chi connectivity index (χ0) is 18.3. The second-order valence-electron chi connectivity index (χ2n) is 6.19. The first-order chi connectivity index (χ1) is 12.6. The van der Waals surface area contributed by atoms with E-state index in [0.717, 1.165) is 4.88 Å². The lowest BCUT2D eigenvalue weighted by Gasteiger charge is -2.16. The lowest BCUT2D eigenvalue weighted by Crippen LogP contribution is -2.25. The fourth-order valence-corrected chi connectivity index (χ4v) is 4.22. The van der Waals surface area contributed by atoms with E-state index in [0.29, 0.717) is 35.8 Å². The molecule has 3 aromatic heterocycles. The molecular weight excluding hydrogens is 346 g/mol. The molecule has 0 radical (unpaired) electrons. The molecule has 0 fully saturated rings. The van der Waals surface area contributed by atoms with Gasteiger partial charge in [0.15, 0.2) is 5.65 Å². The quantitative estimate of drug-likeness (QED) is 0.600. The number of anilines is 1. The Hall–Kier alpha value is -2.93. The third kappa shape index (κ3) is 2.80. The fourth-order valence-electron chi connectivity index (χ4n) is 3.10. The maximum Gasteiger partial charge on any atom is 0.255 e. The van der Waals surface area contributed by atoms with E-state index in [1.165, 1.54) is 10.1 Å². The number of hydrogen-bond acceptors (Lipinski definition) is 5. The normalized spacial score (nSPS) is 11.3. The Morgan fingerprint density at radius 2 is 2.12 bits per heavy atom. The van der Waals surface area contributed by atoms with E-state index in [9.17, 15) is 4.79 Å².